The Morgan fingerprint density at radius 3 is 2.82 bits per heavy atom. The third kappa shape index (κ3) is 2.49. The Labute approximate surface area is 69.2 Å². The predicted molar refractivity (Wildman–Crippen MR) is 49.9 cm³/mol. The lowest BCUT2D eigenvalue weighted by molar-refractivity contribution is 0.589. The monoisotopic (exact) mass is 151 g/mol. The summed E-state index contributed by atoms with van der Waals surface area (Å²) in [5, 5.41) is 0. The highest BCUT2D eigenvalue weighted by atomic mass is 14.8. The number of allylic oxidation sites excluding steroid dienone is 2. The van der Waals surface area contributed by atoms with Gasteiger partial charge in [0, 0.05) is 11.4 Å². The molecule has 11 heavy (non-hydrogen) atoms. The van der Waals surface area contributed by atoms with Crippen LogP contribution in [0.1, 0.15) is 40.0 Å². The Morgan fingerprint density at radius 2 is 2.27 bits per heavy atom. The first kappa shape index (κ1) is 8.51. The Morgan fingerprint density at radius 1 is 1.55 bits per heavy atom. The smallest absolute Gasteiger partial charge is 0.0335 e. The molecule has 1 aliphatic heterocycles. The van der Waals surface area contributed by atoms with Gasteiger partial charge in [-0.3, -0.25) is 4.99 Å². The van der Waals surface area contributed by atoms with Gasteiger partial charge in [0.25, 0.3) is 0 Å². The molecule has 0 radical (unpaired) electrons. The van der Waals surface area contributed by atoms with Crippen LogP contribution in [0.4, 0.5) is 0 Å². The number of hydrogen-bond donors (Lipinski definition) is 0. The molecule has 0 aromatic carbocycles. The molecule has 1 unspecified atom stereocenters. The van der Waals surface area contributed by atoms with Crippen molar-refractivity contribution >= 4 is 5.71 Å². The van der Waals surface area contributed by atoms with Crippen molar-refractivity contribution in [2.24, 2.45) is 10.9 Å². The normalized spacial score (nSPS) is 24.5. The van der Waals surface area contributed by atoms with E-state index in [-0.39, 0.29) is 0 Å². The van der Waals surface area contributed by atoms with Gasteiger partial charge in [-0.2, -0.15) is 0 Å². The van der Waals surface area contributed by atoms with Crippen molar-refractivity contribution in [3.8, 4) is 0 Å². The molecule has 0 spiro atoms. The summed E-state index contributed by atoms with van der Waals surface area (Å²) in [6.45, 7) is 6.45. The maximum Gasteiger partial charge on any atom is 0.0335 e. The van der Waals surface area contributed by atoms with E-state index in [0.29, 0.717) is 0 Å². The molecule has 0 aromatic rings. The molecule has 0 aliphatic carbocycles. The summed E-state index contributed by atoms with van der Waals surface area (Å²) in [5.41, 5.74) is 2.50. The zero-order valence-electron chi connectivity index (χ0n) is 7.72. The molecule has 0 aromatic heterocycles. The van der Waals surface area contributed by atoms with Gasteiger partial charge in [0.2, 0.25) is 0 Å². The topological polar surface area (TPSA) is 12.4 Å². The Balaban J connectivity index is 2.56. The van der Waals surface area contributed by atoms with Gasteiger partial charge in [0.1, 0.15) is 0 Å². The fraction of sp³-hybridized carbons (Fsp3) is 0.700. The van der Waals surface area contributed by atoms with Gasteiger partial charge in [-0.05, 0) is 32.6 Å². The van der Waals surface area contributed by atoms with Gasteiger partial charge >= 0.3 is 0 Å². The lowest BCUT2D eigenvalue weighted by atomic mass is 9.94. The maximum absolute atomic E-state index is 4.39. The molecule has 1 heteroatoms. The van der Waals surface area contributed by atoms with Crippen LogP contribution < -0.4 is 0 Å². The van der Waals surface area contributed by atoms with Crippen LogP contribution in [-0.4, -0.2) is 5.71 Å². The summed E-state index contributed by atoms with van der Waals surface area (Å²) in [5.74, 6) is 0.762. The Kier molecular flexibility index (Phi) is 2.86. The number of nitrogens with zero attached hydrogens (tertiary/aromatic N) is 1. The first-order chi connectivity index (χ1) is 5.22. The maximum atomic E-state index is 4.39. The van der Waals surface area contributed by atoms with E-state index in [0.717, 1.165) is 5.92 Å². The van der Waals surface area contributed by atoms with Crippen molar-refractivity contribution in [2.45, 2.75) is 40.0 Å². The van der Waals surface area contributed by atoms with E-state index in [2.05, 4.69) is 31.8 Å². The van der Waals surface area contributed by atoms with Gasteiger partial charge in [-0.15, -0.1) is 0 Å². The Bertz CT molecular complexity index is 189. The quantitative estimate of drug-likeness (QED) is 0.575. The predicted octanol–water partition coefficient (Wildman–Crippen LogP) is 3.17. The molecule has 1 nitrogen and oxygen atoms in total. The summed E-state index contributed by atoms with van der Waals surface area (Å²) in [7, 11) is 0. The summed E-state index contributed by atoms with van der Waals surface area (Å²) in [6.07, 6.45) is 6.06. The first-order valence-corrected chi connectivity index (χ1v) is 4.45. The van der Waals surface area contributed by atoms with Crippen molar-refractivity contribution in [3.63, 3.8) is 0 Å². The van der Waals surface area contributed by atoms with E-state index in [9.17, 15) is 0 Å². The molecule has 0 bridgehead atoms. The van der Waals surface area contributed by atoms with Crippen LogP contribution in [0.25, 0.3) is 0 Å². The third-order valence-corrected chi connectivity index (χ3v) is 2.06. The summed E-state index contributed by atoms with van der Waals surface area (Å²) < 4.78 is 0. The van der Waals surface area contributed by atoms with Crippen LogP contribution in [0.3, 0.4) is 0 Å². The molecular weight excluding hydrogens is 134 g/mol. The highest BCUT2D eigenvalue weighted by Gasteiger charge is 2.10. The highest BCUT2D eigenvalue weighted by molar-refractivity contribution is 5.84. The van der Waals surface area contributed by atoms with Crippen LogP contribution in [0.2, 0.25) is 0 Å². The second-order valence-electron chi connectivity index (χ2n) is 3.41. The van der Waals surface area contributed by atoms with Crippen molar-refractivity contribution in [1.29, 1.82) is 0 Å². The molecule has 0 saturated heterocycles. The third-order valence-electron chi connectivity index (χ3n) is 2.06. The zero-order valence-corrected chi connectivity index (χ0v) is 7.72. The molecule has 0 saturated carbocycles. The van der Waals surface area contributed by atoms with E-state index >= 15 is 0 Å². The minimum atomic E-state index is 0.762. The number of hydrogen-bond acceptors (Lipinski definition) is 1. The lowest BCUT2D eigenvalue weighted by Gasteiger charge is -2.16. The van der Waals surface area contributed by atoms with Crippen LogP contribution in [0.15, 0.2) is 16.8 Å². The van der Waals surface area contributed by atoms with Crippen molar-refractivity contribution in [1.82, 2.24) is 0 Å². The lowest BCUT2D eigenvalue weighted by Crippen LogP contribution is -2.08. The van der Waals surface area contributed by atoms with E-state index in [1.807, 2.05) is 0 Å². The van der Waals surface area contributed by atoms with Crippen LogP contribution in [-0.2, 0) is 0 Å². The first-order valence-electron chi connectivity index (χ1n) is 4.45. The molecule has 1 heterocycles. The van der Waals surface area contributed by atoms with Crippen molar-refractivity contribution in [3.05, 3.63) is 11.8 Å². The number of rotatable bonds is 2. The highest BCUT2D eigenvalue weighted by Crippen LogP contribution is 2.20. The van der Waals surface area contributed by atoms with Gasteiger partial charge in [-0.25, -0.2) is 0 Å². The second-order valence-corrected chi connectivity index (χ2v) is 3.41. The standard InChI is InChI=1S/C10H17N/c1-4-5-10-6-8(2)11-9(3)7-10/h6,10H,4-5,7H2,1-3H3. The molecule has 62 valence electrons. The van der Waals surface area contributed by atoms with E-state index in [1.54, 1.807) is 0 Å². The molecule has 1 rings (SSSR count). The van der Waals surface area contributed by atoms with Crippen LogP contribution in [0.5, 0.6) is 0 Å². The fourth-order valence-corrected chi connectivity index (χ4v) is 1.72. The van der Waals surface area contributed by atoms with Crippen molar-refractivity contribution < 1.29 is 0 Å². The van der Waals surface area contributed by atoms with E-state index < -0.39 is 0 Å². The van der Waals surface area contributed by atoms with Crippen LogP contribution in [0, 0.1) is 5.92 Å². The van der Waals surface area contributed by atoms with Crippen molar-refractivity contribution in [2.75, 3.05) is 0 Å². The minimum absolute atomic E-state index is 0.762. The van der Waals surface area contributed by atoms with Gasteiger partial charge in [0.05, 0.1) is 0 Å². The summed E-state index contributed by atoms with van der Waals surface area (Å²) >= 11 is 0. The van der Waals surface area contributed by atoms with Gasteiger partial charge in [-0.1, -0.05) is 19.4 Å². The molecule has 0 fully saturated rings. The van der Waals surface area contributed by atoms with Gasteiger partial charge < -0.3 is 0 Å². The zero-order chi connectivity index (χ0) is 8.27. The average molecular weight is 151 g/mol. The minimum Gasteiger partial charge on any atom is -0.263 e. The molecule has 1 aliphatic rings. The number of aliphatic imine (C=N–C) groups is 1. The summed E-state index contributed by atoms with van der Waals surface area (Å²) in [6, 6.07) is 0. The summed E-state index contributed by atoms with van der Waals surface area (Å²) in [4.78, 5) is 4.39. The SMILES string of the molecule is CCCC1C=C(C)N=C(C)C1. The van der Waals surface area contributed by atoms with E-state index in [4.69, 9.17) is 0 Å². The van der Waals surface area contributed by atoms with Gasteiger partial charge in [0.15, 0.2) is 0 Å². The molecule has 0 amide bonds. The molecular formula is C10H17N. The molecule has 0 N–H and O–H groups in total. The second kappa shape index (κ2) is 3.70. The fourth-order valence-electron chi connectivity index (χ4n) is 1.72. The van der Waals surface area contributed by atoms with E-state index in [1.165, 1.54) is 30.7 Å². The molecule has 1 atom stereocenters. The largest absolute Gasteiger partial charge is 0.263 e. The average Bonchev–Trinajstić information content (AvgIpc) is 1.85. The Hall–Kier alpha value is -0.590. The van der Waals surface area contributed by atoms with Crippen LogP contribution >= 0.6 is 0 Å².